The second kappa shape index (κ2) is 7.25. The molecule has 0 aliphatic rings. The van der Waals surface area contributed by atoms with Gasteiger partial charge in [-0.15, -0.1) is 0 Å². The lowest BCUT2D eigenvalue weighted by Gasteiger charge is -2.04. The highest BCUT2D eigenvalue weighted by molar-refractivity contribution is 7.85. The Morgan fingerprint density at radius 3 is 2.53 bits per heavy atom. The monoisotopic (exact) mass is 254 g/mol. The van der Waals surface area contributed by atoms with E-state index in [1.165, 1.54) is 0 Å². The average molecular weight is 254 g/mol. The second-order valence-corrected chi connectivity index (χ2v) is 5.32. The van der Waals surface area contributed by atoms with Crippen molar-refractivity contribution < 1.29 is 12.6 Å². The minimum absolute atomic E-state index is 0.0642. The molecule has 17 heavy (non-hydrogen) atoms. The van der Waals surface area contributed by atoms with E-state index < -0.39 is 10.1 Å². The Hall–Kier alpha value is -1.13. The van der Waals surface area contributed by atoms with E-state index in [-0.39, 0.29) is 12.4 Å². The SMILES string of the molecule is CC/C=C\CCOS(=O)(=O)Cc1ccccc1. The minimum atomic E-state index is -3.46. The molecule has 4 heteroatoms. The normalized spacial score (nSPS) is 12.1. The molecule has 0 aromatic heterocycles. The van der Waals surface area contributed by atoms with Crippen LogP contribution < -0.4 is 0 Å². The molecule has 0 saturated carbocycles. The maximum atomic E-state index is 11.6. The van der Waals surface area contributed by atoms with Crippen LogP contribution in [0.5, 0.6) is 0 Å². The van der Waals surface area contributed by atoms with Crippen LogP contribution >= 0.6 is 0 Å². The third-order valence-corrected chi connectivity index (χ3v) is 3.35. The standard InChI is InChI=1S/C13H18O3S/c1-2-3-4-8-11-16-17(14,15)12-13-9-6-5-7-10-13/h3-7,9-10H,2,8,11-12H2,1H3/b4-3-. The number of hydrogen-bond acceptors (Lipinski definition) is 3. The summed E-state index contributed by atoms with van der Waals surface area (Å²) in [4.78, 5) is 0. The first-order chi connectivity index (χ1) is 8.14. The van der Waals surface area contributed by atoms with E-state index >= 15 is 0 Å². The third-order valence-electron chi connectivity index (χ3n) is 2.14. The molecule has 0 aliphatic carbocycles. The molecule has 0 atom stereocenters. The van der Waals surface area contributed by atoms with Crippen molar-refractivity contribution in [1.29, 1.82) is 0 Å². The van der Waals surface area contributed by atoms with Gasteiger partial charge in [-0.1, -0.05) is 49.4 Å². The van der Waals surface area contributed by atoms with Crippen molar-refractivity contribution in [2.24, 2.45) is 0 Å². The number of rotatable bonds is 7. The molecular formula is C13H18O3S. The fraction of sp³-hybridized carbons (Fsp3) is 0.385. The van der Waals surface area contributed by atoms with Gasteiger partial charge in [-0.05, 0) is 18.4 Å². The fourth-order valence-corrected chi connectivity index (χ4v) is 2.38. The van der Waals surface area contributed by atoms with E-state index in [1.54, 1.807) is 12.1 Å². The maximum absolute atomic E-state index is 11.6. The quantitative estimate of drug-likeness (QED) is 0.427. The van der Waals surface area contributed by atoms with Crippen LogP contribution in [0.4, 0.5) is 0 Å². The molecule has 0 spiro atoms. The molecule has 0 fully saturated rings. The van der Waals surface area contributed by atoms with Crippen molar-refractivity contribution in [1.82, 2.24) is 0 Å². The highest BCUT2D eigenvalue weighted by Crippen LogP contribution is 2.07. The Balaban J connectivity index is 2.39. The molecule has 1 aromatic rings. The predicted molar refractivity (Wildman–Crippen MR) is 69.1 cm³/mol. The molecule has 0 amide bonds. The minimum Gasteiger partial charge on any atom is -0.270 e. The highest BCUT2D eigenvalue weighted by Gasteiger charge is 2.11. The van der Waals surface area contributed by atoms with Crippen LogP contribution in [0.25, 0.3) is 0 Å². The van der Waals surface area contributed by atoms with Gasteiger partial charge in [0.1, 0.15) is 5.75 Å². The Kier molecular flexibility index (Phi) is 5.94. The van der Waals surface area contributed by atoms with Crippen LogP contribution in [0.1, 0.15) is 25.3 Å². The van der Waals surface area contributed by atoms with Crippen molar-refractivity contribution in [2.75, 3.05) is 6.61 Å². The van der Waals surface area contributed by atoms with Crippen LogP contribution in [0.2, 0.25) is 0 Å². The summed E-state index contributed by atoms with van der Waals surface area (Å²) in [6.45, 7) is 2.25. The van der Waals surface area contributed by atoms with Crippen LogP contribution in [0.15, 0.2) is 42.5 Å². The van der Waals surface area contributed by atoms with Gasteiger partial charge in [-0.25, -0.2) is 0 Å². The van der Waals surface area contributed by atoms with Gasteiger partial charge in [0.05, 0.1) is 6.61 Å². The Morgan fingerprint density at radius 2 is 1.88 bits per heavy atom. The van der Waals surface area contributed by atoms with Gasteiger partial charge in [-0.2, -0.15) is 8.42 Å². The summed E-state index contributed by atoms with van der Waals surface area (Å²) in [6.07, 6.45) is 5.50. The summed E-state index contributed by atoms with van der Waals surface area (Å²) in [5.41, 5.74) is 0.747. The van der Waals surface area contributed by atoms with Crippen LogP contribution in [0.3, 0.4) is 0 Å². The van der Waals surface area contributed by atoms with Crippen molar-refractivity contribution in [3.05, 3.63) is 48.0 Å². The summed E-state index contributed by atoms with van der Waals surface area (Å²) >= 11 is 0. The van der Waals surface area contributed by atoms with E-state index in [2.05, 4.69) is 0 Å². The molecule has 3 nitrogen and oxygen atoms in total. The van der Waals surface area contributed by atoms with Crippen LogP contribution in [0, 0.1) is 0 Å². The molecule has 0 N–H and O–H groups in total. The summed E-state index contributed by atoms with van der Waals surface area (Å²) in [6, 6.07) is 9.03. The van der Waals surface area contributed by atoms with Gasteiger partial charge < -0.3 is 0 Å². The first-order valence-corrected chi connectivity index (χ1v) is 7.28. The van der Waals surface area contributed by atoms with E-state index in [9.17, 15) is 8.42 Å². The summed E-state index contributed by atoms with van der Waals surface area (Å²) < 4.78 is 28.1. The predicted octanol–water partition coefficient (Wildman–Crippen LogP) is 2.89. The third kappa shape index (κ3) is 6.24. The topological polar surface area (TPSA) is 43.4 Å². The molecular weight excluding hydrogens is 236 g/mol. The van der Waals surface area contributed by atoms with Gasteiger partial charge >= 0.3 is 0 Å². The number of allylic oxidation sites excluding steroid dienone is 1. The van der Waals surface area contributed by atoms with Gasteiger partial charge in [0, 0.05) is 0 Å². The molecule has 1 rings (SSSR count). The summed E-state index contributed by atoms with van der Waals surface area (Å²) in [5.74, 6) is -0.0642. The zero-order chi connectivity index (χ0) is 12.6. The molecule has 0 bridgehead atoms. The Bertz CT molecular complexity index is 435. The number of benzene rings is 1. The number of hydrogen-bond donors (Lipinski definition) is 0. The van der Waals surface area contributed by atoms with Crippen molar-refractivity contribution in [3.63, 3.8) is 0 Å². The lowest BCUT2D eigenvalue weighted by Crippen LogP contribution is -2.09. The van der Waals surface area contributed by atoms with Crippen molar-refractivity contribution in [2.45, 2.75) is 25.5 Å². The Morgan fingerprint density at radius 1 is 1.18 bits per heavy atom. The van der Waals surface area contributed by atoms with E-state index in [0.717, 1.165) is 12.0 Å². The zero-order valence-electron chi connectivity index (χ0n) is 10.0. The zero-order valence-corrected chi connectivity index (χ0v) is 10.8. The molecule has 0 saturated heterocycles. The lowest BCUT2D eigenvalue weighted by molar-refractivity contribution is 0.324. The van der Waals surface area contributed by atoms with Gasteiger partial charge in [0.25, 0.3) is 10.1 Å². The molecule has 0 heterocycles. The van der Waals surface area contributed by atoms with Gasteiger partial charge in [0.15, 0.2) is 0 Å². The summed E-state index contributed by atoms with van der Waals surface area (Å²) in [7, 11) is -3.46. The van der Waals surface area contributed by atoms with E-state index in [4.69, 9.17) is 4.18 Å². The van der Waals surface area contributed by atoms with Crippen LogP contribution in [-0.2, 0) is 20.1 Å². The molecule has 0 unspecified atom stereocenters. The van der Waals surface area contributed by atoms with E-state index in [0.29, 0.717) is 6.42 Å². The van der Waals surface area contributed by atoms with E-state index in [1.807, 2.05) is 37.3 Å². The lowest BCUT2D eigenvalue weighted by atomic mass is 10.2. The molecule has 0 radical (unpaired) electrons. The van der Waals surface area contributed by atoms with Gasteiger partial charge in [0.2, 0.25) is 0 Å². The smallest absolute Gasteiger partial charge is 0.270 e. The van der Waals surface area contributed by atoms with Gasteiger partial charge in [-0.3, -0.25) is 4.18 Å². The maximum Gasteiger partial charge on any atom is 0.271 e. The fourth-order valence-electron chi connectivity index (χ4n) is 1.35. The largest absolute Gasteiger partial charge is 0.271 e. The second-order valence-electron chi connectivity index (χ2n) is 3.68. The first kappa shape index (κ1) is 13.9. The average Bonchev–Trinajstić information content (AvgIpc) is 2.29. The Labute approximate surface area is 103 Å². The highest BCUT2D eigenvalue weighted by atomic mass is 32.2. The molecule has 0 aliphatic heterocycles. The molecule has 1 aromatic carbocycles. The summed E-state index contributed by atoms with van der Waals surface area (Å²) in [5, 5.41) is 0. The first-order valence-electron chi connectivity index (χ1n) is 5.70. The van der Waals surface area contributed by atoms with Crippen LogP contribution in [-0.4, -0.2) is 15.0 Å². The molecule has 94 valence electrons. The van der Waals surface area contributed by atoms with Crippen molar-refractivity contribution >= 4 is 10.1 Å². The van der Waals surface area contributed by atoms with Crippen molar-refractivity contribution in [3.8, 4) is 0 Å².